The van der Waals surface area contributed by atoms with E-state index in [1.807, 2.05) is 34.9 Å². The van der Waals surface area contributed by atoms with Crippen LogP contribution in [-0.4, -0.2) is 19.4 Å². The molecular weight excluding hydrogens is 353 g/mol. The first kappa shape index (κ1) is 17.8. The molecule has 0 bridgehead atoms. The smallest absolute Gasteiger partial charge is 0.234 e. The van der Waals surface area contributed by atoms with Crippen molar-refractivity contribution in [2.75, 3.05) is 0 Å². The van der Waals surface area contributed by atoms with Crippen LogP contribution in [0.15, 0.2) is 54.9 Å². The number of rotatable bonds is 2. The second-order valence-electron chi connectivity index (χ2n) is 7.59. The van der Waals surface area contributed by atoms with Crippen LogP contribution in [0.3, 0.4) is 0 Å². The Morgan fingerprint density at radius 2 is 1.82 bits per heavy atom. The molecular formula is C22H18FN5. The number of fused-ring (bicyclic) bond motifs is 1. The molecule has 0 saturated heterocycles. The highest BCUT2D eigenvalue weighted by atomic mass is 19.1. The molecule has 0 spiro atoms. The van der Waals surface area contributed by atoms with Gasteiger partial charge < -0.3 is 0 Å². The van der Waals surface area contributed by atoms with Crippen molar-refractivity contribution in [3.05, 3.63) is 71.9 Å². The molecule has 0 aliphatic rings. The average Bonchev–Trinajstić information content (AvgIpc) is 3.10. The summed E-state index contributed by atoms with van der Waals surface area (Å²) < 4.78 is 15.3. The summed E-state index contributed by atoms with van der Waals surface area (Å²) in [4.78, 5) is 13.8. The zero-order valence-electron chi connectivity index (χ0n) is 15.8. The van der Waals surface area contributed by atoms with Crippen LogP contribution >= 0.6 is 0 Å². The van der Waals surface area contributed by atoms with E-state index in [2.05, 4.69) is 35.7 Å². The Hall–Kier alpha value is -3.59. The molecule has 138 valence electrons. The van der Waals surface area contributed by atoms with E-state index in [-0.39, 0.29) is 11.0 Å². The third kappa shape index (κ3) is 3.12. The lowest BCUT2D eigenvalue weighted by molar-refractivity contribution is 0.568. The van der Waals surface area contributed by atoms with Crippen molar-refractivity contribution in [1.29, 1.82) is 5.26 Å². The Balaban J connectivity index is 1.82. The highest BCUT2D eigenvalue weighted by Crippen LogP contribution is 2.27. The molecule has 4 rings (SSSR count). The first-order valence-corrected chi connectivity index (χ1v) is 8.89. The summed E-state index contributed by atoms with van der Waals surface area (Å²) in [6.07, 6.45) is 3.68. The Kier molecular flexibility index (Phi) is 4.16. The lowest BCUT2D eigenvalue weighted by atomic mass is 9.92. The summed E-state index contributed by atoms with van der Waals surface area (Å²) in [5.41, 5.74) is 3.83. The van der Waals surface area contributed by atoms with Gasteiger partial charge in [-0.15, -0.1) is 0 Å². The second kappa shape index (κ2) is 6.54. The predicted octanol–water partition coefficient (Wildman–Crippen LogP) is 4.77. The van der Waals surface area contributed by atoms with E-state index in [0.717, 1.165) is 11.4 Å². The van der Waals surface area contributed by atoms with E-state index in [4.69, 9.17) is 0 Å². The number of hydrogen-bond acceptors (Lipinski definition) is 4. The number of pyridine rings is 1. The Labute approximate surface area is 162 Å². The van der Waals surface area contributed by atoms with Crippen LogP contribution in [0.1, 0.15) is 32.0 Å². The lowest BCUT2D eigenvalue weighted by Gasteiger charge is -2.17. The highest BCUT2D eigenvalue weighted by Gasteiger charge is 2.18. The first-order chi connectivity index (χ1) is 13.4. The van der Waals surface area contributed by atoms with E-state index < -0.39 is 5.82 Å². The molecule has 0 radical (unpaired) electrons. The maximum Gasteiger partial charge on any atom is 0.234 e. The minimum absolute atomic E-state index is 0.0672. The summed E-state index contributed by atoms with van der Waals surface area (Å²) in [7, 11) is 0. The van der Waals surface area contributed by atoms with Gasteiger partial charge in [0.25, 0.3) is 0 Å². The number of nitrogens with zero attached hydrogens (tertiary/aromatic N) is 5. The summed E-state index contributed by atoms with van der Waals surface area (Å²) in [6.45, 7) is 6.32. The molecule has 0 N–H and O–H groups in total. The van der Waals surface area contributed by atoms with Gasteiger partial charge in [-0.2, -0.15) is 5.26 Å². The van der Waals surface area contributed by atoms with Gasteiger partial charge >= 0.3 is 0 Å². The second-order valence-corrected chi connectivity index (χ2v) is 7.59. The quantitative estimate of drug-likeness (QED) is 0.509. The predicted molar refractivity (Wildman–Crippen MR) is 105 cm³/mol. The maximum atomic E-state index is 13.5. The number of imidazole rings is 1. The van der Waals surface area contributed by atoms with Crippen molar-refractivity contribution < 1.29 is 4.39 Å². The molecule has 0 fully saturated rings. The van der Waals surface area contributed by atoms with Crippen LogP contribution in [-0.2, 0) is 5.41 Å². The van der Waals surface area contributed by atoms with Crippen molar-refractivity contribution in [3.8, 4) is 28.7 Å². The van der Waals surface area contributed by atoms with E-state index in [9.17, 15) is 9.65 Å². The summed E-state index contributed by atoms with van der Waals surface area (Å²) in [6, 6.07) is 13.7. The third-order valence-corrected chi connectivity index (χ3v) is 4.54. The van der Waals surface area contributed by atoms with Gasteiger partial charge in [0.05, 0.1) is 40.6 Å². The highest BCUT2D eigenvalue weighted by molar-refractivity contribution is 5.70. The molecule has 0 aliphatic heterocycles. The molecule has 1 aromatic carbocycles. The third-order valence-electron chi connectivity index (χ3n) is 4.54. The van der Waals surface area contributed by atoms with Gasteiger partial charge in [0, 0.05) is 17.2 Å². The van der Waals surface area contributed by atoms with Gasteiger partial charge in [-0.1, -0.05) is 26.8 Å². The first-order valence-electron chi connectivity index (χ1n) is 8.89. The Bertz CT molecular complexity index is 1230. The van der Waals surface area contributed by atoms with Gasteiger partial charge in [0.15, 0.2) is 0 Å². The van der Waals surface area contributed by atoms with Crippen LogP contribution in [0, 0.1) is 17.1 Å². The standard InChI is InChI=1S/C22H18FN5/c1-22(2,3)20-9-10-28-19(13-25-21(28)27-20)18-6-4-5-17(26-18)16-8-7-15(23)11-14(16)12-24/h4-11,13H,1-3H3. The van der Waals surface area contributed by atoms with E-state index >= 15 is 0 Å². The molecule has 0 amide bonds. The molecule has 3 heterocycles. The number of nitriles is 1. The van der Waals surface area contributed by atoms with Crippen molar-refractivity contribution >= 4 is 5.78 Å². The number of hydrogen-bond donors (Lipinski definition) is 0. The van der Waals surface area contributed by atoms with Crippen LogP contribution in [0.25, 0.3) is 28.4 Å². The lowest BCUT2D eigenvalue weighted by Crippen LogP contribution is -2.14. The fourth-order valence-electron chi connectivity index (χ4n) is 3.04. The zero-order valence-corrected chi connectivity index (χ0v) is 15.8. The van der Waals surface area contributed by atoms with Crippen LogP contribution in [0.5, 0.6) is 0 Å². The van der Waals surface area contributed by atoms with Gasteiger partial charge in [-0.25, -0.2) is 19.3 Å². The SMILES string of the molecule is CC(C)(C)c1ccn2c(-c3cccc(-c4ccc(F)cc4C#N)n3)cnc2n1. The molecule has 4 aromatic rings. The van der Waals surface area contributed by atoms with Crippen LogP contribution in [0.4, 0.5) is 4.39 Å². The topological polar surface area (TPSA) is 66.9 Å². The molecule has 0 unspecified atom stereocenters. The van der Waals surface area contributed by atoms with Crippen LogP contribution < -0.4 is 0 Å². The zero-order chi connectivity index (χ0) is 19.9. The van der Waals surface area contributed by atoms with E-state index in [1.165, 1.54) is 12.1 Å². The molecule has 0 atom stereocenters. The van der Waals surface area contributed by atoms with Crippen molar-refractivity contribution in [3.63, 3.8) is 0 Å². The minimum Gasteiger partial charge on any atom is -0.282 e. The Morgan fingerprint density at radius 1 is 1.04 bits per heavy atom. The van der Waals surface area contributed by atoms with Gasteiger partial charge in [-0.05, 0) is 36.4 Å². The molecule has 28 heavy (non-hydrogen) atoms. The monoisotopic (exact) mass is 371 g/mol. The van der Waals surface area contributed by atoms with Crippen LogP contribution in [0.2, 0.25) is 0 Å². The van der Waals surface area contributed by atoms with Gasteiger partial charge in [0.2, 0.25) is 5.78 Å². The minimum atomic E-state index is -0.445. The van der Waals surface area contributed by atoms with Gasteiger partial charge in [0.1, 0.15) is 5.82 Å². The average molecular weight is 371 g/mol. The molecule has 3 aromatic heterocycles. The molecule has 0 saturated carbocycles. The number of benzene rings is 1. The molecule has 5 nitrogen and oxygen atoms in total. The number of aromatic nitrogens is 4. The largest absolute Gasteiger partial charge is 0.282 e. The van der Waals surface area contributed by atoms with Gasteiger partial charge in [-0.3, -0.25) is 4.40 Å². The summed E-state index contributed by atoms with van der Waals surface area (Å²) in [5.74, 6) is 0.160. The van der Waals surface area contributed by atoms with Crippen molar-refractivity contribution in [1.82, 2.24) is 19.4 Å². The molecule has 0 aliphatic carbocycles. The normalized spacial score (nSPS) is 11.5. The van der Waals surface area contributed by atoms with Crippen molar-refractivity contribution in [2.45, 2.75) is 26.2 Å². The molecule has 6 heteroatoms. The maximum absolute atomic E-state index is 13.5. The summed E-state index contributed by atoms with van der Waals surface area (Å²) in [5, 5.41) is 9.32. The van der Waals surface area contributed by atoms with E-state index in [1.54, 1.807) is 18.3 Å². The fourth-order valence-corrected chi connectivity index (χ4v) is 3.04. The number of halogens is 1. The fraction of sp³-hybridized carbons (Fsp3) is 0.182. The Morgan fingerprint density at radius 3 is 2.57 bits per heavy atom. The van der Waals surface area contributed by atoms with E-state index in [0.29, 0.717) is 22.7 Å². The van der Waals surface area contributed by atoms with Crippen molar-refractivity contribution in [2.24, 2.45) is 0 Å². The summed E-state index contributed by atoms with van der Waals surface area (Å²) >= 11 is 0.